The summed E-state index contributed by atoms with van der Waals surface area (Å²) >= 11 is 0. The van der Waals surface area contributed by atoms with Crippen molar-refractivity contribution in [2.45, 2.75) is 6.92 Å². The Morgan fingerprint density at radius 1 is 0.913 bits per heavy atom. The van der Waals surface area contributed by atoms with Crippen LogP contribution in [0.1, 0.15) is 17.3 Å². The van der Waals surface area contributed by atoms with Crippen LogP contribution in [-0.2, 0) is 0 Å². The van der Waals surface area contributed by atoms with Crippen LogP contribution in [0.2, 0.25) is 0 Å². The molecular formula is C18H18F2N2O. The molecule has 0 N–H and O–H groups in total. The van der Waals surface area contributed by atoms with Gasteiger partial charge in [0.25, 0.3) is 0 Å². The lowest BCUT2D eigenvalue weighted by molar-refractivity contribution is 0.101. The lowest BCUT2D eigenvalue weighted by atomic mass is 10.1. The van der Waals surface area contributed by atoms with E-state index in [-0.39, 0.29) is 17.2 Å². The number of carbonyl (C=O) groups excluding carboxylic acids is 1. The zero-order chi connectivity index (χ0) is 16.4. The average molecular weight is 316 g/mol. The van der Waals surface area contributed by atoms with Gasteiger partial charge >= 0.3 is 0 Å². The zero-order valence-corrected chi connectivity index (χ0v) is 12.9. The Bertz CT molecular complexity index is 707. The van der Waals surface area contributed by atoms with Gasteiger partial charge < -0.3 is 9.80 Å². The molecule has 1 heterocycles. The van der Waals surface area contributed by atoms with E-state index < -0.39 is 5.82 Å². The van der Waals surface area contributed by atoms with E-state index in [1.54, 1.807) is 24.3 Å². The molecule has 0 unspecified atom stereocenters. The predicted molar refractivity (Wildman–Crippen MR) is 87.2 cm³/mol. The number of Topliss-reactive ketones (excluding diaryl/α,β-unsaturated/α-hetero) is 1. The Morgan fingerprint density at radius 3 is 2.13 bits per heavy atom. The molecule has 0 saturated carbocycles. The third-order valence-corrected chi connectivity index (χ3v) is 4.16. The number of benzene rings is 2. The first-order chi connectivity index (χ1) is 11.1. The summed E-state index contributed by atoms with van der Waals surface area (Å²) in [5.41, 5.74) is 1.77. The molecule has 0 spiro atoms. The van der Waals surface area contributed by atoms with Crippen molar-refractivity contribution in [1.29, 1.82) is 0 Å². The van der Waals surface area contributed by atoms with Gasteiger partial charge in [0.1, 0.15) is 11.6 Å². The van der Waals surface area contributed by atoms with Gasteiger partial charge in [-0.15, -0.1) is 0 Å². The van der Waals surface area contributed by atoms with E-state index in [2.05, 4.69) is 4.90 Å². The van der Waals surface area contributed by atoms with E-state index in [0.29, 0.717) is 18.8 Å². The van der Waals surface area contributed by atoms with Gasteiger partial charge in [-0.25, -0.2) is 8.78 Å². The number of piperazine rings is 1. The van der Waals surface area contributed by atoms with Gasteiger partial charge in [-0.1, -0.05) is 6.07 Å². The molecule has 0 bridgehead atoms. The van der Waals surface area contributed by atoms with Gasteiger partial charge in [0.2, 0.25) is 0 Å². The molecule has 3 rings (SSSR count). The molecule has 5 heteroatoms. The number of hydrogen-bond donors (Lipinski definition) is 0. The number of halogens is 2. The number of hydrogen-bond acceptors (Lipinski definition) is 3. The largest absolute Gasteiger partial charge is 0.368 e. The van der Waals surface area contributed by atoms with Gasteiger partial charge in [-0.05, 0) is 43.3 Å². The molecule has 2 aromatic rings. The Hall–Kier alpha value is -2.43. The minimum absolute atomic E-state index is 0.155. The summed E-state index contributed by atoms with van der Waals surface area (Å²) in [6, 6.07) is 11.1. The van der Waals surface area contributed by atoms with Gasteiger partial charge in [0.15, 0.2) is 5.78 Å². The highest BCUT2D eigenvalue weighted by Gasteiger charge is 2.22. The highest BCUT2D eigenvalue weighted by Crippen LogP contribution is 2.26. The Morgan fingerprint density at radius 2 is 1.52 bits per heavy atom. The number of rotatable bonds is 3. The van der Waals surface area contributed by atoms with Crippen LogP contribution in [0.3, 0.4) is 0 Å². The summed E-state index contributed by atoms with van der Waals surface area (Å²) in [7, 11) is 0. The van der Waals surface area contributed by atoms with E-state index in [0.717, 1.165) is 18.8 Å². The number of carbonyl (C=O) groups is 1. The van der Waals surface area contributed by atoms with E-state index in [9.17, 15) is 13.6 Å². The van der Waals surface area contributed by atoms with Crippen LogP contribution < -0.4 is 9.80 Å². The van der Waals surface area contributed by atoms with Crippen LogP contribution in [0.5, 0.6) is 0 Å². The van der Waals surface area contributed by atoms with Gasteiger partial charge in [-0.3, -0.25) is 4.79 Å². The van der Waals surface area contributed by atoms with Crippen LogP contribution in [0, 0.1) is 11.6 Å². The van der Waals surface area contributed by atoms with E-state index >= 15 is 0 Å². The lowest BCUT2D eigenvalue weighted by Gasteiger charge is -2.38. The second-order valence-corrected chi connectivity index (χ2v) is 5.64. The molecule has 0 radical (unpaired) electrons. The van der Waals surface area contributed by atoms with Crippen LogP contribution in [0.4, 0.5) is 20.2 Å². The van der Waals surface area contributed by atoms with Crippen molar-refractivity contribution in [3.05, 3.63) is 59.7 Å². The maximum Gasteiger partial charge on any atom is 0.164 e. The van der Waals surface area contributed by atoms with Gasteiger partial charge in [0.05, 0.1) is 11.3 Å². The molecule has 0 atom stereocenters. The third kappa shape index (κ3) is 3.18. The molecule has 1 aliphatic rings. The molecule has 3 nitrogen and oxygen atoms in total. The molecule has 1 aliphatic heterocycles. The Labute approximate surface area is 134 Å². The van der Waals surface area contributed by atoms with Crippen molar-refractivity contribution in [3.8, 4) is 0 Å². The fourth-order valence-corrected chi connectivity index (χ4v) is 2.98. The topological polar surface area (TPSA) is 23.6 Å². The molecule has 1 fully saturated rings. The predicted octanol–water partition coefficient (Wildman–Crippen LogP) is 3.49. The molecular weight excluding hydrogens is 298 g/mol. The second-order valence-electron chi connectivity index (χ2n) is 5.64. The summed E-state index contributed by atoms with van der Waals surface area (Å²) in [6.07, 6.45) is 0. The zero-order valence-electron chi connectivity index (χ0n) is 12.9. The monoisotopic (exact) mass is 316 g/mol. The van der Waals surface area contributed by atoms with E-state index in [1.165, 1.54) is 25.1 Å². The van der Waals surface area contributed by atoms with Crippen LogP contribution in [0.25, 0.3) is 0 Å². The molecule has 0 aromatic heterocycles. The van der Waals surface area contributed by atoms with Crippen molar-refractivity contribution in [2.75, 3.05) is 36.0 Å². The summed E-state index contributed by atoms with van der Waals surface area (Å²) in [5, 5.41) is 0. The molecule has 2 aromatic carbocycles. The van der Waals surface area contributed by atoms with Gasteiger partial charge in [-0.2, -0.15) is 0 Å². The second kappa shape index (κ2) is 6.36. The van der Waals surface area contributed by atoms with Gasteiger partial charge in [0, 0.05) is 31.9 Å². The third-order valence-electron chi connectivity index (χ3n) is 4.16. The number of ketones is 1. The summed E-state index contributed by atoms with van der Waals surface area (Å²) < 4.78 is 26.9. The maximum absolute atomic E-state index is 13.9. The van der Waals surface area contributed by atoms with Crippen molar-refractivity contribution in [2.24, 2.45) is 0 Å². The summed E-state index contributed by atoms with van der Waals surface area (Å²) in [4.78, 5) is 15.9. The minimum atomic E-state index is -0.476. The first kappa shape index (κ1) is 15.5. The van der Waals surface area contributed by atoms with E-state index in [1.807, 2.05) is 4.90 Å². The van der Waals surface area contributed by atoms with Crippen LogP contribution in [0.15, 0.2) is 42.5 Å². The van der Waals surface area contributed by atoms with E-state index in [4.69, 9.17) is 0 Å². The molecule has 0 amide bonds. The molecule has 1 saturated heterocycles. The number of nitrogens with zero attached hydrogens (tertiary/aromatic N) is 2. The Kier molecular flexibility index (Phi) is 4.28. The summed E-state index contributed by atoms with van der Waals surface area (Å²) in [6.45, 7) is 4.22. The first-order valence-electron chi connectivity index (χ1n) is 7.61. The van der Waals surface area contributed by atoms with Crippen LogP contribution in [-0.4, -0.2) is 32.0 Å². The molecule has 0 aliphatic carbocycles. The average Bonchev–Trinajstić information content (AvgIpc) is 2.55. The fraction of sp³-hybridized carbons (Fsp3) is 0.278. The highest BCUT2D eigenvalue weighted by atomic mass is 19.1. The highest BCUT2D eigenvalue weighted by molar-refractivity contribution is 6.00. The first-order valence-corrected chi connectivity index (χ1v) is 7.61. The quantitative estimate of drug-likeness (QED) is 0.810. The molecule has 23 heavy (non-hydrogen) atoms. The maximum atomic E-state index is 13.9. The van der Waals surface area contributed by atoms with Crippen molar-refractivity contribution < 1.29 is 13.6 Å². The fourth-order valence-electron chi connectivity index (χ4n) is 2.98. The summed E-state index contributed by atoms with van der Waals surface area (Å²) in [5.74, 6) is -0.992. The normalized spacial score (nSPS) is 14.9. The van der Waals surface area contributed by atoms with Crippen molar-refractivity contribution >= 4 is 17.2 Å². The molecule has 120 valence electrons. The number of anilines is 2. The standard InChI is InChI=1S/C18H18F2N2O/c1-13(23)18-16(20)3-2-4-17(18)22-11-9-21(10-12-22)15-7-5-14(19)6-8-15/h2-8H,9-12H2,1H3. The van der Waals surface area contributed by atoms with Crippen LogP contribution >= 0.6 is 0 Å². The minimum Gasteiger partial charge on any atom is -0.368 e. The Balaban J connectivity index is 1.76. The van der Waals surface area contributed by atoms with Crippen molar-refractivity contribution in [3.63, 3.8) is 0 Å². The smallest absolute Gasteiger partial charge is 0.164 e. The van der Waals surface area contributed by atoms with Crippen molar-refractivity contribution in [1.82, 2.24) is 0 Å². The SMILES string of the molecule is CC(=O)c1c(F)cccc1N1CCN(c2ccc(F)cc2)CC1. The lowest BCUT2D eigenvalue weighted by Crippen LogP contribution is -2.47.